The molecule has 0 radical (unpaired) electrons. The fourth-order valence-electron chi connectivity index (χ4n) is 3.77. The SMILES string of the molecule is CC(=O)C1=C(C)N(c2ccccc2)C(=S)N[C@@H]1c1ccc(-c2cc([N+](=O)[O-])ccc2Cl)o1. The van der Waals surface area contributed by atoms with Crippen molar-refractivity contribution in [2.45, 2.75) is 19.9 Å². The number of nitro benzene ring substituents is 1. The number of hydrogen-bond donors (Lipinski definition) is 1. The molecule has 0 unspecified atom stereocenters. The van der Waals surface area contributed by atoms with Crippen LogP contribution >= 0.6 is 23.8 Å². The van der Waals surface area contributed by atoms with Crippen molar-refractivity contribution in [1.29, 1.82) is 0 Å². The van der Waals surface area contributed by atoms with E-state index in [1.807, 2.05) is 42.2 Å². The Morgan fingerprint density at radius 1 is 1.19 bits per heavy atom. The van der Waals surface area contributed by atoms with Gasteiger partial charge < -0.3 is 9.73 Å². The van der Waals surface area contributed by atoms with Crippen molar-refractivity contribution in [3.63, 3.8) is 0 Å². The van der Waals surface area contributed by atoms with Gasteiger partial charge in [-0.15, -0.1) is 0 Å². The largest absolute Gasteiger partial charge is 0.458 e. The molecule has 4 rings (SSSR count). The highest BCUT2D eigenvalue weighted by molar-refractivity contribution is 7.80. The standard InChI is InChI=1S/C23H18ClN3O4S/c1-13-21(14(2)28)22(25-23(32)26(13)15-6-4-3-5-7-15)20-11-10-19(31-20)17-12-16(27(29)30)8-9-18(17)24/h3-12,22H,1-2H3,(H,25,32)/t22-/m1/s1. The maximum absolute atomic E-state index is 12.6. The lowest BCUT2D eigenvalue weighted by Gasteiger charge is -2.36. The molecule has 2 aromatic carbocycles. The molecule has 1 aromatic heterocycles. The van der Waals surface area contributed by atoms with E-state index in [9.17, 15) is 14.9 Å². The van der Waals surface area contributed by atoms with Gasteiger partial charge >= 0.3 is 0 Å². The molecule has 32 heavy (non-hydrogen) atoms. The maximum atomic E-state index is 12.6. The molecule has 162 valence electrons. The summed E-state index contributed by atoms with van der Waals surface area (Å²) in [5, 5.41) is 15.1. The number of allylic oxidation sites excluding steroid dienone is 1. The number of rotatable bonds is 5. The lowest BCUT2D eigenvalue weighted by Crippen LogP contribution is -2.47. The molecule has 1 aliphatic heterocycles. The Balaban J connectivity index is 1.77. The molecule has 0 spiro atoms. The molecule has 0 fully saturated rings. The van der Waals surface area contributed by atoms with E-state index in [0.29, 0.717) is 38.5 Å². The Hall–Kier alpha value is -3.49. The smallest absolute Gasteiger partial charge is 0.270 e. The number of thiocarbonyl (C=S) groups is 1. The van der Waals surface area contributed by atoms with Gasteiger partial charge in [-0.1, -0.05) is 29.8 Å². The fraction of sp³-hybridized carbons (Fsp3) is 0.130. The Bertz CT molecular complexity index is 1270. The Labute approximate surface area is 194 Å². The number of Topliss-reactive ketones (excluding diaryl/α,β-unsaturated/α-hetero) is 1. The summed E-state index contributed by atoms with van der Waals surface area (Å²) >= 11 is 11.9. The van der Waals surface area contributed by atoms with E-state index in [2.05, 4.69) is 5.32 Å². The summed E-state index contributed by atoms with van der Waals surface area (Å²) in [5.41, 5.74) is 2.33. The van der Waals surface area contributed by atoms with Gasteiger partial charge in [0.15, 0.2) is 10.9 Å². The van der Waals surface area contributed by atoms with E-state index in [1.165, 1.54) is 25.1 Å². The van der Waals surface area contributed by atoms with Gasteiger partial charge in [0, 0.05) is 34.7 Å². The zero-order chi connectivity index (χ0) is 23.0. The number of benzene rings is 2. The van der Waals surface area contributed by atoms with Crippen LogP contribution in [0, 0.1) is 10.1 Å². The van der Waals surface area contributed by atoms with Gasteiger partial charge in [-0.2, -0.15) is 0 Å². The summed E-state index contributed by atoms with van der Waals surface area (Å²) in [5.74, 6) is 0.671. The number of nitrogens with zero attached hydrogens (tertiary/aromatic N) is 2. The van der Waals surface area contributed by atoms with Gasteiger partial charge in [-0.25, -0.2) is 0 Å². The third kappa shape index (κ3) is 3.90. The predicted octanol–water partition coefficient (Wildman–Crippen LogP) is 5.81. The molecule has 7 nitrogen and oxygen atoms in total. The highest BCUT2D eigenvalue weighted by Gasteiger charge is 2.34. The first-order valence-electron chi connectivity index (χ1n) is 9.69. The second kappa shape index (κ2) is 8.57. The molecular weight excluding hydrogens is 450 g/mol. The summed E-state index contributed by atoms with van der Waals surface area (Å²) in [6, 6.07) is 16.4. The van der Waals surface area contributed by atoms with E-state index in [1.54, 1.807) is 12.1 Å². The minimum absolute atomic E-state index is 0.0991. The van der Waals surface area contributed by atoms with Crippen LogP contribution in [0.25, 0.3) is 11.3 Å². The van der Waals surface area contributed by atoms with Crippen molar-refractivity contribution >= 4 is 46.1 Å². The number of hydrogen-bond acceptors (Lipinski definition) is 5. The Morgan fingerprint density at radius 3 is 2.56 bits per heavy atom. The molecule has 3 aromatic rings. The third-order valence-corrected chi connectivity index (χ3v) is 5.85. The highest BCUT2D eigenvalue weighted by Crippen LogP contribution is 2.38. The van der Waals surface area contributed by atoms with E-state index in [-0.39, 0.29) is 11.5 Å². The van der Waals surface area contributed by atoms with Crippen molar-refractivity contribution in [2.24, 2.45) is 0 Å². The monoisotopic (exact) mass is 467 g/mol. The summed E-state index contributed by atoms with van der Waals surface area (Å²) in [7, 11) is 0. The topological polar surface area (TPSA) is 88.6 Å². The predicted molar refractivity (Wildman–Crippen MR) is 127 cm³/mol. The number of nitrogens with one attached hydrogen (secondary N) is 1. The summed E-state index contributed by atoms with van der Waals surface area (Å²) in [6.45, 7) is 3.33. The first-order chi connectivity index (χ1) is 15.3. The second-order valence-electron chi connectivity index (χ2n) is 7.23. The van der Waals surface area contributed by atoms with Gasteiger partial charge in [0.05, 0.1) is 9.95 Å². The van der Waals surface area contributed by atoms with E-state index < -0.39 is 11.0 Å². The molecular formula is C23H18ClN3O4S. The van der Waals surface area contributed by atoms with Crippen LogP contribution in [0.3, 0.4) is 0 Å². The highest BCUT2D eigenvalue weighted by atomic mass is 35.5. The summed E-state index contributed by atoms with van der Waals surface area (Å²) in [4.78, 5) is 25.1. The zero-order valence-corrected chi connectivity index (χ0v) is 18.7. The van der Waals surface area contributed by atoms with E-state index in [0.717, 1.165) is 5.69 Å². The van der Waals surface area contributed by atoms with Crippen LogP contribution in [0.2, 0.25) is 5.02 Å². The van der Waals surface area contributed by atoms with Crippen LogP contribution in [0.15, 0.2) is 76.4 Å². The molecule has 0 saturated carbocycles. The number of furan rings is 1. The molecule has 0 aliphatic carbocycles. The minimum atomic E-state index is -0.605. The number of non-ortho nitro benzene ring substituents is 1. The molecule has 0 bridgehead atoms. The van der Waals surface area contributed by atoms with Gasteiger partial charge in [0.1, 0.15) is 17.6 Å². The normalized spacial score (nSPS) is 16.2. The third-order valence-electron chi connectivity index (χ3n) is 5.22. The molecule has 1 atom stereocenters. The Kier molecular flexibility index (Phi) is 5.82. The number of para-hydroxylation sites is 1. The lowest BCUT2D eigenvalue weighted by molar-refractivity contribution is -0.384. The van der Waals surface area contributed by atoms with Gasteiger partial charge in [0.2, 0.25) is 0 Å². The number of carbonyl (C=O) groups is 1. The van der Waals surface area contributed by atoms with Gasteiger partial charge in [-0.3, -0.25) is 19.8 Å². The first-order valence-corrected chi connectivity index (χ1v) is 10.5. The van der Waals surface area contributed by atoms with Crippen LogP contribution in [-0.4, -0.2) is 15.8 Å². The van der Waals surface area contributed by atoms with Crippen LogP contribution in [0.1, 0.15) is 25.6 Å². The van der Waals surface area contributed by atoms with Crippen LogP contribution in [0.4, 0.5) is 11.4 Å². The fourth-order valence-corrected chi connectivity index (χ4v) is 4.34. The van der Waals surface area contributed by atoms with Crippen molar-refractivity contribution in [2.75, 3.05) is 4.90 Å². The molecule has 0 amide bonds. The minimum Gasteiger partial charge on any atom is -0.458 e. The number of anilines is 1. The van der Waals surface area contributed by atoms with Crippen molar-refractivity contribution in [1.82, 2.24) is 5.32 Å². The number of halogens is 1. The van der Waals surface area contributed by atoms with E-state index >= 15 is 0 Å². The van der Waals surface area contributed by atoms with E-state index in [4.69, 9.17) is 28.2 Å². The molecule has 1 N–H and O–H groups in total. The number of carbonyl (C=O) groups excluding carboxylic acids is 1. The summed E-state index contributed by atoms with van der Waals surface area (Å²) < 4.78 is 6.01. The Morgan fingerprint density at radius 2 is 1.91 bits per heavy atom. The average Bonchev–Trinajstić information content (AvgIpc) is 3.24. The number of nitro groups is 1. The lowest BCUT2D eigenvalue weighted by atomic mass is 9.96. The van der Waals surface area contributed by atoms with Crippen molar-refractivity contribution in [3.8, 4) is 11.3 Å². The molecule has 0 saturated heterocycles. The van der Waals surface area contributed by atoms with Crippen LogP contribution in [-0.2, 0) is 4.79 Å². The first kappa shape index (κ1) is 21.7. The summed E-state index contributed by atoms with van der Waals surface area (Å²) in [6.07, 6.45) is 0. The van der Waals surface area contributed by atoms with Crippen LogP contribution in [0.5, 0.6) is 0 Å². The van der Waals surface area contributed by atoms with Crippen LogP contribution < -0.4 is 10.2 Å². The molecule has 1 aliphatic rings. The van der Waals surface area contributed by atoms with Crippen molar-refractivity contribution in [3.05, 3.63) is 92.8 Å². The average molecular weight is 468 g/mol. The molecule has 2 heterocycles. The zero-order valence-electron chi connectivity index (χ0n) is 17.2. The maximum Gasteiger partial charge on any atom is 0.270 e. The van der Waals surface area contributed by atoms with Gasteiger partial charge in [-0.05, 0) is 56.4 Å². The number of ketones is 1. The van der Waals surface area contributed by atoms with Crippen molar-refractivity contribution < 1.29 is 14.1 Å². The quantitative estimate of drug-likeness (QED) is 0.288. The second-order valence-corrected chi connectivity index (χ2v) is 8.03. The van der Waals surface area contributed by atoms with Gasteiger partial charge in [0.25, 0.3) is 5.69 Å². The molecule has 9 heteroatoms.